The average molecular weight is 460 g/mol. The summed E-state index contributed by atoms with van der Waals surface area (Å²) in [4.78, 5) is 28.1. The van der Waals surface area contributed by atoms with Crippen molar-refractivity contribution in [2.75, 3.05) is 11.9 Å². The van der Waals surface area contributed by atoms with Gasteiger partial charge in [0.1, 0.15) is 0 Å². The van der Waals surface area contributed by atoms with Gasteiger partial charge in [0.15, 0.2) is 12.4 Å². The molecule has 0 aliphatic carbocycles. The van der Waals surface area contributed by atoms with Gasteiger partial charge in [-0.15, -0.1) is 0 Å². The Kier molecular flexibility index (Phi) is 7.59. The first kappa shape index (κ1) is 23.1. The Labute approximate surface area is 178 Å². The van der Waals surface area contributed by atoms with Crippen LogP contribution in [0.2, 0.25) is 10.0 Å². The molecule has 0 aliphatic heterocycles. The van der Waals surface area contributed by atoms with E-state index >= 15 is 0 Å². The number of hydrogen-bond donors (Lipinski definition) is 2. The zero-order chi connectivity index (χ0) is 21.8. The molecule has 11 heteroatoms. The topological polar surface area (TPSA) is 114 Å². The van der Waals surface area contributed by atoms with E-state index < -0.39 is 28.5 Å². The third-order valence-electron chi connectivity index (χ3n) is 3.49. The number of nitrogens with one attached hydrogen (secondary N) is 2. The summed E-state index contributed by atoms with van der Waals surface area (Å²) in [5.74, 6) is -1.33. The summed E-state index contributed by atoms with van der Waals surface area (Å²) in [5.41, 5.74) is 0.574. The van der Waals surface area contributed by atoms with Gasteiger partial charge in [-0.1, -0.05) is 23.2 Å². The number of pyridine rings is 1. The van der Waals surface area contributed by atoms with Crippen LogP contribution in [-0.2, 0) is 19.6 Å². The fraction of sp³-hybridized carbons (Fsp3) is 0.278. The van der Waals surface area contributed by atoms with E-state index in [0.29, 0.717) is 10.7 Å². The van der Waals surface area contributed by atoms with Crippen molar-refractivity contribution >= 4 is 50.9 Å². The summed E-state index contributed by atoms with van der Waals surface area (Å²) in [7, 11) is -3.67. The number of halogens is 2. The molecule has 1 aromatic heterocycles. The number of hydrogen-bond acceptors (Lipinski definition) is 6. The lowest BCUT2D eigenvalue weighted by molar-refractivity contribution is -0.119. The van der Waals surface area contributed by atoms with E-state index in [1.807, 2.05) is 0 Å². The van der Waals surface area contributed by atoms with Gasteiger partial charge in [-0.3, -0.25) is 4.79 Å². The number of sulfonamides is 1. The highest BCUT2D eigenvalue weighted by Crippen LogP contribution is 2.25. The van der Waals surface area contributed by atoms with Crippen molar-refractivity contribution in [1.82, 2.24) is 9.71 Å². The summed E-state index contributed by atoms with van der Waals surface area (Å²) in [6.45, 7) is 4.47. The predicted molar refractivity (Wildman–Crippen MR) is 110 cm³/mol. The lowest BCUT2D eigenvalue weighted by Crippen LogP contribution is -2.30. The Morgan fingerprint density at radius 2 is 1.76 bits per heavy atom. The second-order valence-electron chi connectivity index (χ2n) is 6.31. The van der Waals surface area contributed by atoms with E-state index in [4.69, 9.17) is 27.9 Å². The van der Waals surface area contributed by atoms with Crippen LogP contribution in [-0.4, -0.2) is 37.9 Å². The number of carbonyl (C=O) groups is 2. The third kappa shape index (κ3) is 6.40. The van der Waals surface area contributed by atoms with Gasteiger partial charge in [0.2, 0.25) is 10.0 Å². The van der Waals surface area contributed by atoms with E-state index in [0.717, 1.165) is 0 Å². The largest absolute Gasteiger partial charge is 0.452 e. The average Bonchev–Trinajstić information content (AvgIpc) is 2.63. The first-order valence-electron chi connectivity index (χ1n) is 8.41. The SMILES string of the molecule is Cc1nc(NC(=O)COC(=O)c2ccc(S(=O)(=O)NC(C)C)cc2)c(Cl)cc1Cl. The van der Waals surface area contributed by atoms with Crippen molar-refractivity contribution in [3.05, 3.63) is 51.6 Å². The number of aromatic nitrogens is 1. The molecule has 0 saturated carbocycles. The van der Waals surface area contributed by atoms with Crippen LogP contribution >= 0.6 is 23.2 Å². The minimum absolute atomic E-state index is 0.0133. The number of carbonyl (C=O) groups excluding carboxylic acids is 2. The second-order valence-corrected chi connectivity index (χ2v) is 8.84. The molecule has 1 heterocycles. The van der Waals surface area contributed by atoms with Crippen LogP contribution in [0.25, 0.3) is 0 Å². The molecular weight excluding hydrogens is 441 g/mol. The minimum Gasteiger partial charge on any atom is -0.452 e. The third-order valence-corrected chi connectivity index (χ3v) is 5.83. The van der Waals surface area contributed by atoms with Gasteiger partial charge in [-0.2, -0.15) is 0 Å². The van der Waals surface area contributed by atoms with Crippen LogP contribution in [0.5, 0.6) is 0 Å². The summed E-state index contributed by atoms with van der Waals surface area (Å²) >= 11 is 11.8. The van der Waals surface area contributed by atoms with E-state index in [1.165, 1.54) is 30.3 Å². The highest BCUT2D eigenvalue weighted by Gasteiger charge is 2.17. The maximum absolute atomic E-state index is 12.1. The zero-order valence-electron chi connectivity index (χ0n) is 15.8. The van der Waals surface area contributed by atoms with Crippen molar-refractivity contribution in [2.45, 2.75) is 31.7 Å². The highest BCUT2D eigenvalue weighted by molar-refractivity contribution is 7.89. The van der Waals surface area contributed by atoms with Crippen molar-refractivity contribution in [3.8, 4) is 0 Å². The Bertz CT molecular complexity index is 1020. The molecule has 2 N–H and O–H groups in total. The van der Waals surface area contributed by atoms with E-state index in [9.17, 15) is 18.0 Å². The fourth-order valence-corrected chi connectivity index (χ4v) is 3.83. The maximum atomic E-state index is 12.1. The first-order chi connectivity index (χ1) is 13.5. The number of nitrogens with zero attached hydrogens (tertiary/aromatic N) is 1. The second kappa shape index (κ2) is 9.53. The van der Waals surface area contributed by atoms with Crippen LogP contribution in [0.3, 0.4) is 0 Å². The molecule has 0 saturated heterocycles. The monoisotopic (exact) mass is 459 g/mol. The highest BCUT2D eigenvalue weighted by atomic mass is 35.5. The number of amides is 1. The van der Waals surface area contributed by atoms with Crippen LogP contribution in [0.1, 0.15) is 29.9 Å². The molecule has 0 bridgehead atoms. The first-order valence-corrected chi connectivity index (χ1v) is 10.7. The molecular formula is C18H19Cl2N3O5S. The minimum atomic E-state index is -3.67. The Hall–Kier alpha value is -2.20. The molecule has 0 aliphatic rings. The number of benzene rings is 1. The Balaban J connectivity index is 1.97. The standard InChI is InChI=1S/C18H19Cl2N3O5S/c1-10(2)23-29(26,27)13-6-4-12(5-7-13)18(25)28-9-16(24)22-17-15(20)8-14(19)11(3)21-17/h4-8,10,23H,9H2,1-3H3,(H,21,22,24). The smallest absolute Gasteiger partial charge is 0.338 e. The van der Waals surface area contributed by atoms with Crippen LogP contribution in [0.4, 0.5) is 5.82 Å². The molecule has 1 aromatic carbocycles. The summed E-state index contributed by atoms with van der Waals surface area (Å²) in [6, 6.07) is 6.34. The lowest BCUT2D eigenvalue weighted by atomic mass is 10.2. The lowest BCUT2D eigenvalue weighted by Gasteiger charge is -2.10. The van der Waals surface area contributed by atoms with Crippen LogP contribution in [0, 0.1) is 6.92 Å². The normalized spacial score (nSPS) is 11.4. The molecule has 2 aromatic rings. The maximum Gasteiger partial charge on any atom is 0.338 e. The zero-order valence-corrected chi connectivity index (χ0v) is 18.2. The van der Waals surface area contributed by atoms with Gasteiger partial charge < -0.3 is 10.1 Å². The molecule has 8 nitrogen and oxygen atoms in total. The molecule has 0 radical (unpaired) electrons. The van der Waals surface area contributed by atoms with Gasteiger partial charge in [0.25, 0.3) is 5.91 Å². The van der Waals surface area contributed by atoms with Gasteiger partial charge in [0, 0.05) is 6.04 Å². The number of anilines is 1. The van der Waals surface area contributed by atoms with Gasteiger partial charge >= 0.3 is 5.97 Å². The summed E-state index contributed by atoms with van der Waals surface area (Å²) in [6.07, 6.45) is 0. The Morgan fingerprint density at radius 3 is 2.34 bits per heavy atom. The van der Waals surface area contributed by atoms with Crippen LogP contribution in [0.15, 0.2) is 35.2 Å². The quantitative estimate of drug-likeness (QED) is 0.614. The molecule has 0 spiro atoms. The predicted octanol–water partition coefficient (Wildman–Crippen LogP) is 3.18. The summed E-state index contributed by atoms with van der Waals surface area (Å²) in [5, 5.41) is 2.93. The van der Waals surface area contributed by atoms with E-state index in [-0.39, 0.29) is 27.3 Å². The number of ether oxygens (including phenoxy) is 1. The van der Waals surface area contributed by atoms with Gasteiger partial charge in [-0.25, -0.2) is 22.9 Å². The van der Waals surface area contributed by atoms with Gasteiger partial charge in [0.05, 0.1) is 26.2 Å². The number of aryl methyl sites for hydroxylation is 1. The van der Waals surface area contributed by atoms with Gasteiger partial charge in [-0.05, 0) is 51.1 Å². The number of rotatable bonds is 7. The van der Waals surface area contributed by atoms with Crippen LogP contribution < -0.4 is 10.0 Å². The molecule has 0 atom stereocenters. The van der Waals surface area contributed by atoms with Crippen molar-refractivity contribution in [1.29, 1.82) is 0 Å². The Morgan fingerprint density at radius 1 is 1.14 bits per heavy atom. The molecule has 2 rings (SSSR count). The van der Waals surface area contributed by atoms with Crippen molar-refractivity contribution in [3.63, 3.8) is 0 Å². The summed E-state index contributed by atoms with van der Waals surface area (Å²) < 4.78 is 31.5. The van der Waals surface area contributed by atoms with E-state index in [1.54, 1.807) is 20.8 Å². The molecule has 29 heavy (non-hydrogen) atoms. The number of esters is 1. The molecule has 0 fully saturated rings. The fourth-order valence-electron chi connectivity index (χ4n) is 2.18. The van der Waals surface area contributed by atoms with E-state index in [2.05, 4.69) is 15.0 Å². The van der Waals surface area contributed by atoms with Crippen molar-refractivity contribution < 1.29 is 22.7 Å². The molecule has 1 amide bonds. The molecule has 0 unspecified atom stereocenters. The van der Waals surface area contributed by atoms with Crippen molar-refractivity contribution in [2.24, 2.45) is 0 Å². The molecule has 156 valence electrons.